The minimum absolute atomic E-state index is 0.0788. The smallest absolute Gasteiger partial charge is 0.256 e. The normalized spacial score (nSPS) is 14.6. The second kappa shape index (κ2) is 10.6. The number of hydrogen-bond donors (Lipinski definition) is 1. The molecule has 1 amide bonds. The van der Waals surface area contributed by atoms with Crippen molar-refractivity contribution in [1.82, 2.24) is 0 Å². The zero-order valence-corrected chi connectivity index (χ0v) is 17.7. The van der Waals surface area contributed by atoms with E-state index in [0.717, 1.165) is 54.7 Å². The second-order valence-electron chi connectivity index (χ2n) is 7.35. The van der Waals surface area contributed by atoms with Crippen LogP contribution >= 0.6 is 0 Å². The highest BCUT2D eigenvalue weighted by Gasteiger charge is 2.33. The third kappa shape index (κ3) is 6.31. The third-order valence-electron chi connectivity index (χ3n) is 4.81. The lowest BCUT2D eigenvalue weighted by Gasteiger charge is -2.28. The molecule has 0 aromatic heterocycles. The van der Waals surface area contributed by atoms with Gasteiger partial charge in [0.15, 0.2) is 0 Å². The van der Waals surface area contributed by atoms with Crippen LogP contribution < -0.4 is 10.1 Å². The first-order valence-electron chi connectivity index (χ1n) is 10.0. The molecular weight excluding hydrogens is 326 g/mol. The molecule has 2 atom stereocenters. The molecule has 0 saturated heterocycles. The SMILES string of the molecule is CCCCCC(C)(OCC)C(=O)Nc1cc(C)c(OC(C)CC)c(C)c1. The van der Waals surface area contributed by atoms with Crippen molar-refractivity contribution in [1.29, 1.82) is 0 Å². The summed E-state index contributed by atoms with van der Waals surface area (Å²) in [5.74, 6) is 0.831. The summed E-state index contributed by atoms with van der Waals surface area (Å²) in [7, 11) is 0. The van der Waals surface area contributed by atoms with E-state index in [1.54, 1.807) is 0 Å². The van der Waals surface area contributed by atoms with Crippen LogP contribution in [0.5, 0.6) is 5.75 Å². The first-order valence-corrected chi connectivity index (χ1v) is 10.0. The topological polar surface area (TPSA) is 47.6 Å². The molecule has 0 radical (unpaired) electrons. The maximum absolute atomic E-state index is 12.9. The van der Waals surface area contributed by atoms with Gasteiger partial charge in [-0.25, -0.2) is 0 Å². The van der Waals surface area contributed by atoms with Crippen LogP contribution in [0.4, 0.5) is 5.69 Å². The molecule has 2 unspecified atom stereocenters. The number of rotatable bonds is 11. The molecule has 0 spiro atoms. The number of hydrogen-bond acceptors (Lipinski definition) is 3. The molecular formula is C22H37NO3. The summed E-state index contributed by atoms with van der Waals surface area (Å²) in [6.07, 6.45) is 5.08. The van der Waals surface area contributed by atoms with Gasteiger partial charge >= 0.3 is 0 Å². The monoisotopic (exact) mass is 363 g/mol. The van der Waals surface area contributed by atoms with E-state index >= 15 is 0 Å². The van der Waals surface area contributed by atoms with Gasteiger partial charge in [0.2, 0.25) is 0 Å². The maximum Gasteiger partial charge on any atom is 0.256 e. The fraction of sp³-hybridized carbons (Fsp3) is 0.682. The standard InChI is InChI=1S/C22H37NO3/c1-8-11-12-13-22(7,25-10-3)21(24)23-19-14-16(4)20(17(5)15-19)26-18(6)9-2/h14-15,18H,8-13H2,1-7H3,(H,23,24). The van der Waals surface area contributed by atoms with E-state index in [0.29, 0.717) is 6.61 Å². The van der Waals surface area contributed by atoms with Crippen molar-refractivity contribution in [3.05, 3.63) is 23.3 Å². The van der Waals surface area contributed by atoms with Crippen LogP contribution in [0, 0.1) is 13.8 Å². The zero-order valence-electron chi connectivity index (χ0n) is 17.7. The summed E-state index contributed by atoms with van der Waals surface area (Å²) in [5, 5.41) is 3.05. The van der Waals surface area contributed by atoms with E-state index in [2.05, 4.69) is 26.1 Å². The number of aryl methyl sites for hydroxylation is 2. The molecule has 4 nitrogen and oxygen atoms in total. The number of ether oxygens (including phenoxy) is 2. The van der Waals surface area contributed by atoms with E-state index in [1.165, 1.54) is 0 Å². The number of carbonyl (C=O) groups excluding carboxylic acids is 1. The van der Waals surface area contributed by atoms with Crippen LogP contribution in [-0.4, -0.2) is 24.2 Å². The Balaban J connectivity index is 2.93. The highest BCUT2D eigenvalue weighted by Crippen LogP contribution is 2.30. The Morgan fingerprint density at radius 1 is 1.15 bits per heavy atom. The fourth-order valence-corrected chi connectivity index (χ4v) is 3.04. The maximum atomic E-state index is 12.9. The van der Waals surface area contributed by atoms with Crippen LogP contribution in [-0.2, 0) is 9.53 Å². The molecule has 1 N–H and O–H groups in total. The van der Waals surface area contributed by atoms with Gasteiger partial charge in [-0.2, -0.15) is 0 Å². The van der Waals surface area contributed by atoms with Gasteiger partial charge in [-0.05, 0) is 70.7 Å². The Labute approximate surface area is 159 Å². The third-order valence-corrected chi connectivity index (χ3v) is 4.81. The van der Waals surface area contributed by atoms with Gasteiger partial charge in [0.1, 0.15) is 11.4 Å². The van der Waals surface area contributed by atoms with Crippen LogP contribution in [0.15, 0.2) is 12.1 Å². The Morgan fingerprint density at radius 3 is 2.27 bits per heavy atom. The first kappa shape index (κ1) is 22.5. The van der Waals surface area contributed by atoms with Crippen molar-refractivity contribution in [3.8, 4) is 5.75 Å². The van der Waals surface area contributed by atoms with E-state index in [9.17, 15) is 4.79 Å². The highest BCUT2D eigenvalue weighted by molar-refractivity contribution is 5.97. The summed E-state index contributed by atoms with van der Waals surface area (Å²) in [6.45, 7) is 14.7. The van der Waals surface area contributed by atoms with E-state index in [-0.39, 0.29) is 12.0 Å². The van der Waals surface area contributed by atoms with E-state index < -0.39 is 5.60 Å². The number of amides is 1. The molecule has 0 aliphatic carbocycles. The molecule has 4 heteroatoms. The van der Waals surface area contributed by atoms with E-state index in [1.807, 2.05) is 39.8 Å². The van der Waals surface area contributed by atoms with Crippen molar-refractivity contribution in [3.63, 3.8) is 0 Å². The molecule has 148 valence electrons. The van der Waals surface area contributed by atoms with Gasteiger partial charge in [0.05, 0.1) is 6.10 Å². The van der Waals surface area contributed by atoms with Gasteiger partial charge in [-0.1, -0.05) is 33.1 Å². The van der Waals surface area contributed by atoms with Gasteiger partial charge in [-0.15, -0.1) is 0 Å². The van der Waals surface area contributed by atoms with Crippen LogP contribution in [0.25, 0.3) is 0 Å². The Morgan fingerprint density at radius 2 is 1.77 bits per heavy atom. The summed E-state index contributed by atoms with van der Waals surface area (Å²) in [6, 6.07) is 3.95. The summed E-state index contributed by atoms with van der Waals surface area (Å²) in [5.41, 5.74) is 2.06. The molecule has 0 aliphatic rings. The molecule has 0 aliphatic heterocycles. The largest absolute Gasteiger partial charge is 0.490 e. The van der Waals surface area contributed by atoms with E-state index in [4.69, 9.17) is 9.47 Å². The molecule has 0 saturated carbocycles. The predicted molar refractivity (Wildman–Crippen MR) is 109 cm³/mol. The van der Waals surface area contributed by atoms with Gasteiger partial charge in [0.25, 0.3) is 5.91 Å². The Hall–Kier alpha value is -1.55. The summed E-state index contributed by atoms with van der Waals surface area (Å²) in [4.78, 5) is 12.9. The minimum atomic E-state index is -0.794. The summed E-state index contributed by atoms with van der Waals surface area (Å²) >= 11 is 0. The molecule has 0 bridgehead atoms. The lowest BCUT2D eigenvalue weighted by atomic mass is 9.96. The van der Waals surface area contributed by atoms with Gasteiger partial charge < -0.3 is 14.8 Å². The van der Waals surface area contributed by atoms with Crippen LogP contribution in [0.3, 0.4) is 0 Å². The minimum Gasteiger partial charge on any atom is -0.490 e. The lowest BCUT2D eigenvalue weighted by Crippen LogP contribution is -2.42. The molecule has 1 aromatic carbocycles. The number of carbonyl (C=O) groups is 1. The molecule has 0 heterocycles. The number of benzene rings is 1. The first-order chi connectivity index (χ1) is 12.3. The van der Waals surface area contributed by atoms with Gasteiger partial charge in [0, 0.05) is 12.3 Å². The highest BCUT2D eigenvalue weighted by atomic mass is 16.5. The molecule has 26 heavy (non-hydrogen) atoms. The van der Waals surface area contributed by atoms with Crippen molar-refractivity contribution >= 4 is 11.6 Å². The fourth-order valence-electron chi connectivity index (χ4n) is 3.04. The average Bonchev–Trinajstić information content (AvgIpc) is 2.58. The second-order valence-corrected chi connectivity index (χ2v) is 7.35. The van der Waals surface area contributed by atoms with Crippen molar-refractivity contribution in [2.75, 3.05) is 11.9 Å². The average molecular weight is 364 g/mol. The van der Waals surface area contributed by atoms with Crippen molar-refractivity contribution in [2.45, 2.75) is 92.3 Å². The molecule has 1 aromatic rings. The van der Waals surface area contributed by atoms with Crippen LogP contribution in [0.2, 0.25) is 0 Å². The number of nitrogens with one attached hydrogen (secondary N) is 1. The Bertz CT molecular complexity index is 562. The predicted octanol–water partition coefficient (Wildman–Crippen LogP) is 5.79. The lowest BCUT2D eigenvalue weighted by molar-refractivity contribution is -0.139. The number of unbranched alkanes of at least 4 members (excludes halogenated alkanes) is 2. The molecule has 0 fully saturated rings. The zero-order chi connectivity index (χ0) is 19.7. The summed E-state index contributed by atoms with van der Waals surface area (Å²) < 4.78 is 11.8. The van der Waals surface area contributed by atoms with Crippen molar-refractivity contribution < 1.29 is 14.3 Å². The molecule has 1 rings (SSSR count). The van der Waals surface area contributed by atoms with Crippen LogP contribution in [0.1, 0.15) is 77.8 Å². The quantitative estimate of drug-likeness (QED) is 0.506. The number of anilines is 1. The van der Waals surface area contributed by atoms with Crippen molar-refractivity contribution in [2.24, 2.45) is 0 Å². The van der Waals surface area contributed by atoms with Gasteiger partial charge in [-0.3, -0.25) is 4.79 Å². The Kier molecular flexibility index (Phi) is 9.14.